The van der Waals surface area contributed by atoms with E-state index in [9.17, 15) is 4.79 Å². The quantitative estimate of drug-likeness (QED) is 0.820. The van der Waals surface area contributed by atoms with Crippen LogP contribution in [0.25, 0.3) is 5.65 Å². The van der Waals surface area contributed by atoms with Crippen molar-refractivity contribution in [3.63, 3.8) is 0 Å². The predicted molar refractivity (Wildman–Crippen MR) is 95.3 cm³/mol. The van der Waals surface area contributed by atoms with Gasteiger partial charge in [-0.25, -0.2) is 4.98 Å². The Labute approximate surface area is 147 Å². The van der Waals surface area contributed by atoms with E-state index in [1.54, 1.807) is 0 Å². The highest BCUT2D eigenvalue weighted by Gasteiger charge is 2.20. The van der Waals surface area contributed by atoms with E-state index in [1.165, 1.54) is 0 Å². The number of fused-ring (bicyclic) bond motifs is 1. The van der Waals surface area contributed by atoms with Crippen LogP contribution < -0.4 is 10.1 Å². The van der Waals surface area contributed by atoms with Gasteiger partial charge in [0.05, 0.1) is 25.5 Å². The van der Waals surface area contributed by atoms with E-state index in [1.807, 2.05) is 36.6 Å². The number of imidazole rings is 1. The molecule has 136 valence electrons. The molecule has 0 aromatic carbocycles. The molecule has 1 aliphatic rings. The molecule has 3 heterocycles. The Morgan fingerprint density at radius 3 is 2.88 bits per heavy atom. The summed E-state index contributed by atoms with van der Waals surface area (Å²) >= 11 is 0. The fourth-order valence-corrected chi connectivity index (χ4v) is 3.08. The van der Waals surface area contributed by atoms with Crippen molar-refractivity contribution in [1.82, 2.24) is 19.6 Å². The molecule has 1 saturated heterocycles. The molecule has 3 rings (SSSR count). The van der Waals surface area contributed by atoms with Crippen LogP contribution in [0.2, 0.25) is 0 Å². The number of morpholine rings is 1. The van der Waals surface area contributed by atoms with E-state index in [0.717, 1.165) is 38.5 Å². The molecule has 0 atom stereocenters. The fraction of sp³-hybridized carbons (Fsp3) is 0.556. The topological polar surface area (TPSA) is 68.1 Å². The molecule has 1 fully saturated rings. The molecule has 0 spiro atoms. The van der Waals surface area contributed by atoms with Gasteiger partial charge in [0.25, 0.3) is 5.91 Å². The lowest BCUT2D eigenvalue weighted by atomic mass is 10.2. The number of carbonyl (C=O) groups excluding carboxylic acids is 1. The largest absolute Gasteiger partial charge is 0.490 e. The zero-order valence-electron chi connectivity index (χ0n) is 15.0. The molecule has 0 saturated carbocycles. The van der Waals surface area contributed by atoms with E-state index >= 15 is 0 Å². The van der Waals surface area contributed by atoms with Crippen LogP contribution in [0.4, 0.5) is 0 Å². The van der Waals surface area contributed by atoms with Crippen molar-refractivity contribution in [3.05, 3.63) is 29.7 Å². The van der Waals surface area contributed by atoms with E-state index in [0.29, 0.717) is 36.7 Å². The molecule has 2 aromatic heterocycles. The van der Waals surface area contributed by atoms with Crippen LogP contribution in [0.3, 0.4) is 0 Å². The van der Waals surface area contributed by atoms with Crippen molar-refractivity contribution < 1.29 is 14.3 Å². The summed E-state index contributed by atoms with van der Waals surface area (Å²) < 4.78 is 12.8. The number of amides is 1. The molecule has 25 heavy (non-hydrogen) atoms. The first-order chi connectivity index (χ1) is 12.2. The Kier molecular flexibility index (Phi) is 5.88. The van der Waals surface area contributed by atoms with Crippen LogP contribution in [-0.2, 0) is 11.2 Å². The summed E-state index contributed by atoms with van der Waals surface area (Å²) in [6, 6.07) is 3.76. The smallest absolute Gasteiger partial charge is 0.270 e. The standard InChI is InChI=1S/C18H26N4O3/c1-3-14-16(18(23)19-7-9-21-10-12-24-13-11-21)22-8-5-6-15(25-4-2)17(22)20-14/h5-6,8H,3-4,7,9-13H2,1-2H3,(H,19,23). The first-order valence-electron chi connectivity index (χ1n) is 8.95. The highest BCUT2D eigenvalue weighted by molar-refractivity contribution is 5.95. The summed E-state index contributed by atoms with van der Waals surface area (Å²) in [4.78, 5) is 19.7. The third kappa shape index (κ3) is 3.93. The number of hydrogen-bond donors (Lipinski definition) is 1. The number of carbonyl (C=O) groups is 1. The summed E-state index contributed by atoms with van der Waals surface area (Å²) in [5.41, 5.74) is 2.08. The number of aryl methyl sites for hydroxylation is 1. The maximum atomic E-state index is 12.8. The minimum Gasteiger partial charge on any atom is -0.490 e. The number of aromatic nitrogens is 2. The van der Waals surface area contributed by atoms with Crippen LogP contribution in [0, 0.1) is 0 Å². The molecule has 0 aliphatic carbocycles. The molecule has 7 heteroatoms. The van der Waals surface area contributed by atoms with Crippen molar-refractivity contribution in [2.45, 2.75) is 20.3 Å². The van der Waals surface area contributed by atoms with Gasteiger partial charge in [0.15, 0.2) is 11.4 Å². The van der Waals surface area contributed by atoms with Gasteiger partial charge in [-0.05, 0) is 25.5 Å². The third-order valence-electron chi connectivity index (χ3n) is 4.35. The van der Waals surface area contributed by atoms with Crippen molar-refractivity contribution in [2.75, 3.05) is 46.0 Å². The molecule has 1 aliphatic heterocycles. The van der Waals surface area contributed by atoms with Crippen LogP contribution in [0.5, 0.6) is 5.75 Å². The molecule has 1 N–H and O–H groups in total. The van der Waals surface area contributed by atoms with Crippen LogP contribution >= 0.6 is 0 Å². The number of hydrogen-bond acceptors (Lipinski definition) is 5. The summed E-state index contributed by atoms with van der Waals surface area (Å²) in [5.74, 6) is 0.610. The van der Waals surface area contributed by atoms with Crippen LogP contribution in [0.15, 0.2) is 18.3 Å². The predicted octanol–water partition coefficient (Wildman–Crippen LogP) is 1.36. The van der Waals surface area contributed by atoms with Crippen molar-refractivity contribution in [3.8, 4) is 5.75 Å². The van der Waals surface area contributed by atoms with Crippen molar-refractivity contribution >= 4 is 11.6 Å². The van der Waals surface area contributed by atoms with Gasteiger partial charge in [0.1, 0.15) is 5.69 Å². The molecule has 0 bridgehead atoms. The molecule has 0 radical (unpaired) electrons. The maximum Gasteiger partial charge on any atom is 0.270 e. The third-order valence-corrected chi connectivity index (χ3v) is 4.35. The monoisotopic (exact) mass is 346 g/mol. The van der Waals surface area contributed by atoms with E-state index in [4.69, 9.17) is 9.47 Å². The number of ether oxygens (including phenoxy) is 2. The summed E-state index contributed by atoms with van der Waals surface area (Å²) in [7, 11) is 0. The van der Waals surface area contributed by atoms with E-state index < -0.39 is 0 Å². The molecular formula is C18H26N4O3. The molecule has 1 amide bonds. The Hall–Kier alpha value is -2.12. The molecular weight excluding hydrogens is 320 g/mol. The molecule has 7 nitrogen and oxygen atoms in total. The lowest BCUT2D eigenvalue weighted by Gasteiger charge is -2.26. The second kappa shape index (κ2) is 8.31. The van der Waals surface area contributed by atoms with Crippen LogP contribution in [-0.4, -0.2) is 66.2 Å². The van der Waals surface area contributed by atoms with E-state index in [2.05, 4.69) is 15.2 Å². The normalized spacial score (nSPS) is 15.4. The molecule has 2 aromatic rings. The molecule has 0 unspecified atom stereocenters. The van der Waals surface area contributed by atoms with Gasteiger partial charge in [-0.2, -0.15) is 0 Å². The Morgan fingerprint density at radius 1 is 1.36 bits per heavy atom. The minimum absolute atomic E-state index is 0.0914. The number of nitrogens with one attached hydrogen (secondary N) is 1. The Balaban J connectivity index is 1.74. The first-order valence-corrected chi connectivity index (χ1v) is 8.95. The number of nitrogens with zero attached hydrogens (tertiary/aromatic N) is 3. The Morgan fingerprint density at radius 2 is 2.16 bits per heavy atom. The lowest BCUT2D eigenvalue weighted by molar-refractivity contribution is 0.0383. The average molecular weight is 346 g/mol. The van der Waals surface area contributed by atoms with Gasteiger partial charge in [-0.15, -0.1) is 0 Å². The maximum absolute atomic E-state index is 12.8. The fourth-order valence-electron chi connectivity index (χ4n) is 3.08. The SMILES string of the molecule is CCOc1cccn2c(C(=O)NCCN3CCOCC3)c(CC)nc12. The summed E-state index contributed by atoms with van der Waals surface area (Å²) in [6.07, 6.45) is 2.56. The minimum atomic E-state index is -0.0914. The second-order valence-electron chi connectivity index (χ2n) is 5.97. The van der Waals surface area contributed by atoms with E-state index in [-0.39, 0.29) is 5.91 Å². The number of pyridine rings is 1. The average Bonchev–Trinajstić information content (AvgIpc) is 3.02. The highest BCUT2D eigenvalue weighted by Crippen LogP contribution is 2.22. The van der Waals surface area contributed by atoms with Gasteiger partial charge in [-0.3, -0.25) is 14.1 Å². The summed E-state index contributed by atoms with van der Waals surface area (Å²) in [6.45, 7) is 9.32. The highest BCUT2D eigenvalue weighted by atomic mass is 16.5. The number of rotatable bonds is 7. The second-order valence-corrected chi connectivity index (χ2v) is 5.97. The van der Waals surface area contributed by atoms with Gasteiger partial charge < -0.3 is 14.8 Å². The van der Waals surface area contributed by atoms with Gasteiger partial charge in [0.2, 0.25) is 0 Å². The van der Waals surface area contributed by atoms with Crippen molar-refractivity contribution in [1.29, 1.82) is 0 Å². The van der Waals surface area contributed by atoms with Gasteiger partial charge in [-0.1, -0.05) is 6.92 Å². The zero-order valence-corrected chi connectivity index (χ0v) is 15.0. The zero-order chi connectivity index (χ0) is 17.6. The summed E-state index contributed by atoms with van der Waals surface area (Å²) in [5, 5.41) is 3.03. The lowest BCUT2D eigenvalue weighted by Crippen LogP contribution is -2.41. The first kappa shape index (κ1) is 17.7. The van der Waals surface area contributed by atoms with Crippen LogP contribution in [0.1, 0.15) is 30.0 Å². The van der Waals surface area contributed by atoms with Gasteiger partial charge in [0, 0.05) is 32.4 Å². The Bertz CT molecular complexity index is 722. The van der Waals surface area contributed by atoms with Gasteiger partial charge >= 0.3 is 0 Å². The van der Waals surface area contributed by atoms with Crippen molar-refractivity contribution in [2.24, 2.45) is 0 Å².